The van der Waals surface area contributed by atoms with Crippen molar-refractivity contribution in [2.24, 2.45) is 0 Å². The van der Waals surface area contributed by atoms with E-state index < -0.39 is 6.43 Å². The normalized spacial score (nSPS) is 10.6. The van der Waals surface area contributed by atoms with Crippen molar-refractivity contribution in [3.8, 4) is 5.75 Å². The van der Waals surface area contributed by atoms with E-state index in [1.165, 1.54) is 7.11 Å². The fraction of sp³-hybridized carbons (Fsp3) is 0.375. The standard InChI is InChI=1S/C8H8F2INO/c1-4-5(11)3-6(13-2)7(12-4)8(9)10/h3,8H,1-2H3. The zero-order valence-corrected chi connectivity index (χ0v) is 9.30. The summed E-state index contributed by atoms with van der Waals surface area (Å²) in [5.74, 6) is 0.144. The SMILES string of the molecule is COc1cc(I)c(C)nc1C(F)F. The van der Waals surface area contributed by atoms with Crippen LogP contribution in [0.25, 0.3) is 0 Å². The minimum atomic E-state index is -2.59. The summed E-state index contributed by atoms with van der Waals surface area (Å²) in [6.07, 6.45) is -2.59. The third kappa shape index (κ3) is 2.26. The van der Waals surface area contributed by atoms with Crippen LogP contribution in [0.15, 0.2) is 6.07 Å². The predicted octanol–water partition coefficient (Wildman–Crippen LogP) is 2.94. The summed E-state index contributed by atoms with van der Waals surface area (Å²) >= 11 is 2.03. The van der Waals surface area contributed by atoms with Crippen molar-refractivity contribution in [2.45, 2.75) is 13.3 Å². The molecule has 0 atom stereocenters. The van der Waals surface area contributed by atoms with Crippen molar-refractivity contribution in [1.29, 1.82) is 0 Å². The van der Waals surface area contributed by atoms with Crippen LogP contribution in [0.1, 0.15) is 17.8 Å². The first kappa shape index (κ1) is 10.6. The highest BCUT2D eigenvalue weighted by atomic mass is 127. The Morgan fingerprint density at radius 3 is 2.62 bits per heavy atom. The summed E-state index contributed by atoms with van der Waals surface area (Å²) in [7, 11) is 1.36. The van der Waals surface area contributed by atoms with Crippen molar-refractivity contribution in [1.82, 2.24) is 4.98 Å². The van der Waals surface area contributed by atoms with Crippen LogP contribution in [0, 0.1) is 10.5 Å². The summed E-state index contributed by atoms with van der Waals surface area (Å²) in [4.78, 5) is 3.76. The summed E-state index contributed by atoms with van der Waals surface area (Å²) < 4.78 is 30.4. The van der Waals surface area contributed by atoms with Crippen molar-refractivity contribution in [3.63, 3.8) is 0 Å². The van der Waals surface area contributed by atoms with E-state index in [-0.39, 0.29) is 11.4 Å². The van der Waals surface area contributed by atoms with E-state index in [9.17, 15) is 8.78 Å². The first-order valence-electron chi connectivity index (χ1n) is 3.55. The first-order valence-corrected chi connectivity index (χ1v) is 4.63. The van der Waals surface area contributed by atoms with Crippen LogP contribution < -0.4 is 4.74 Å². The fourth-order valence-electron chi connectivity index (χ4n) is 0.902. The maximum absolute atomic E-state index is 12.4. The molecule has 1 aromatic rings. The van der Waals surface area contributed by atoms with Gasteiger partial charge in [-0.25, -0.2) is 13.8 Å². The van der Waals surface area contributed by atoms with Crippen LogP contribution in [0.5, 0.6) is 5.75 Å². The Hall–Kier alpha value is -0.460. The number of hydrogen-bond donors (Lipinski definition) is 0. The van der Waals surface area contributed by atoms with Crippen molar-refractivity contribution in [2.75, 3.05) is 7.11 Å². The van der Waals surface area contributed by atoms with Gasteiger partial charge in [-0.1, -0.05) is 0 Å². The van der Waals surface area contributed by atoms with Gasteiger partial charge in [0.25, 0.3) is 6.43 Å². The predicted molar refractivity (Wildman–Crippen MR) is 53.2 cm³/mol. The lowest BCUT2D eigenvalue weighted by Crippen LogP contribution is -1.99. The molecule has 0 unspecified atom stereocenters. The highest BCUT2D eigenvalue weighted by molar-refractivity contribution is 14.1. The van der Waals surface area contributed by atoms with Gasteiger partial charge in [-0.05, 0) is 35.6 Å². The number of aryl methyl sites for hydroxylation is 1. The number of hydrogen-bond acceptors (Lipinski definition) is 2. The molecule has 0 fully saturated rings. The molecule has 0 N–H and O–H groups in total. The quantitative estimate of drug-likeness (QED) is 0.783. The first-order chi connectivity index (χ1) is 6.06. The molecular formula is C8H8F2INO. The molecule has 0 saturated heterocycles. The summed E-state index contributed by atoms with van der Waals surface area (Å²) in [6, 6.07) is 1.56. The minimum absolute atomic E-state index is 0.144. The van der Waals surface area contributed by atoms with Gasteiger partial charge in [0.15, 0.2) is 0 Å². The molecule has 0 saturated carbocycles. The van der Waals surface area contributed by atoms with Crippen LogP contribution in [-0.2, 0) is 0 Å². The van der Waals surface area contributed by atoms with Gasteiger partial charge in [0, 0.05) is 3.57 Å². The second-order valence-corrected chi connectivity index (χ2v) is 3.61. The van der Waals surface area contributed by atoms with Crippen LogP contribution >= 0.6 is 22.6 Å². The van der Waals surface area contributed by atoms with E-state index >= 15 is 0 Å². The minimum Gasteiger partial charge on any atom is -0.495 e. The summed E-state index contributed by atoms with van der Waals surface area (Å²) in [6.45, 7) is 1.69. The molecule has 0 radical (unpaired) electrons. The Balaban J connectivity index is 3.25. The number of ether oxygens (including phenoxy) is 1. The molecule has 5 heteroatoms. The maximum Gasteiger partial charge on any atom is 0.284 e. The molecule has 0 spiro atoms. The van der Waals surface area contributed by atoms with Gasteiger partial charge < -0.3 is 4.74 Å². The third-order valence-corrected chi connectivity index (χ3v) is 2.66. The largest absolute Gasteiger partial charge is 0.495 e. The van der Waals surface area contributed by atoms with Gasteiger partial charge in [0.05, 0.1) is 12.8 Å². The van der Waals surface area contributed by atoms with Gasteiger partial charge in [0.2, 0.25) is 0 Å². The second-order valence-electron chi connectivity index (χ2n) is 2.44. The van der Waals surface area contributed by atoms with Gasteiger partial charge in [0.1, 0.15) is 11.4 Å². The van der Waals surface area contributed by atoms with Crippen molar-refractivity contribution < 1.29 is 13.5 Å². The average molecular weight is 299 g/mol. The van der Waals surface area contributed by atoms with Crippen LogP contribution in [0.3, 0.4) is 0 Å². The molecule has 0 bridgehead atoms. The zero-order chi connectivity index (χ0) is 10.0. The molecule has 0 aromatic carbocycles. The lowest BCUT2D eigenvalue weighted by Gasteiger charge is -2.08. The Labute approximate surface area is 88.5 Å². The molecule has 0 aliphatic heterocycles. The molecule has 72 valence electrons. The third-order valence-electron chi connectivity index (χ3n) is 1.57. The average Bonchev–Trinajstić information content (AvgIpc) is 2.08. The van der Waals surface area contributed by atoms with E-state index in [0.29, 0.717) is 5.69 Å². The monoisotopic (exact) mass is 299 g/mol. The Bertz CT molecular complexity index is 317. The molecule has 1 rings (SSSR count). The van der Waals surface area contributed by atoms with Gasteiger partial charge >= 0.3 is 0 Å². The van der Waals surface area contributed by atoms with Crippen molar-refractivity contribution in [3.05, 3.63) is 21.0 Å². The van der Waals surface area contributed by atoms with E-state index in [1.807, 2.05) is 22.6 Å². The van der Waals surface area contributed by atoms with Gasteiger partial charge in [-0.3, -0.25) is 0 Å². The smallest absolute Gasteiger partial charge is 0.284 e. The number of rotatable bonds is 2. The summed E-state index contributed by atoms with van der Waals surface area (Å²) in [5.41, 5.74) is 0.303. The molecule has 1 heterocycles. The van der Waals surface area contributed by atoms with Gasteiger partial charge in [-0.15, -0.1) is 0 Å². The zero-order valence-electron chi connectivity index (χ0n) is 7.14. The lowest BCUT2D eigenvalue weighted by molar-refractivity contribution is 0.141. The Morgan fingerprint density at radius 2 is 2.15 bits per heavy atom. The Kier molecular flexibility index (Phi) is 3.40. The molecule has 1 aromatic heterocycles. The van der Waals surface area contributed by atoms with Gasteiger partial charge in [-0.2, -0.15) is 0 Å². The van der Waals surface area contributed by atoms with E-state index in [1.54, 1.807) is 13.0 Å². The number of halogens is 3. The van der Waals surface area contributed by atoms with Crippen LogP contribution in [0.2, 0.25) is 0 Å². The highest BCUT2D eigenvalue weighted by Crippen LogP contribution is 2.29. The highest BCUT2D eigenvalue weighted by Gasteiger charge is 2.17. The van der Waals surface area contributed by atoms with E-state index in [4.69, 9.17) is 4.74 Å². The number of nitrogens with zero attached hydrogens (tertiary/aromatic N) is 1. The molecular weight excluding hydrogens is 291 g/mol. The topological polar surface area (TPSA) is 22.1 Å². The molecule has 13 heavy (non-hydrogen) atoms. The fourth-order valence-corrected chi connectivity index (χ4v) is 1.31. The number of methoxy groups -OCH3 is 1. The molecule has 0 aliphatic rings. The summed E-state index contributed by atoms with van der Waals surface area (Å²) in [5, 5.41) is 0. The molecule has 2 nitrogen and oxygen atoms in total. The van der Waals surface area contributed by atoms with Crippen LogP contribution in [0.4, 0.5) is 8.78 Å². The maximum atomic E-state index is 12.4. The van der Waals surface area contributed by atoms with E-state index in [2.05, 4.69) is 4.98 Å². The second kappa shape index (κ2) is 4.17. The molecule has 0 aliphatic carbocycles. The van der Waals surface area contributed by atoms with Crippen LogP contribution in [-0.4, -0.2) is 12.1 Å². The number of aromatic nitrogens is 1. The number of pyridine rings is 1. The Morgan fingerprint density at radius 1 is 1.54 bits per heavy atom. The number of alkyl halides is 2. The van der Waals surface area contributed by atoms with Crippen molar-refractivity contribution >= 4 is 22.6 Å². The lowest BCUT2D eigenvalue weighted by atomic mass is 10.3. The van der Waals surface area contributed by atoms with E-state index in [0.717, 1.165) is 3.57 Å². The molecule has 0 amide bonds.